The molecule has 20 heavy (non-hydrogen) atoms. The summed E-state index contributed by atoms with van der Waals surface area (Å²) in [6, 6.07) is 0.246. The molecule has 1 atom stereocenters. The van der Waals surface area contributed by atoms with Crippen molar-refractivity contribution in [1.29, 1.82) is 0 Å². The molecule has 0 bridgehead atoms. The molecule has 1 fully saturated rings. The number of ketones is 1. The Morgan fingerprint density at radius 2 is 2.05 bits per heavy atom. The van der Waals surface area contributed by atoms with E-state index in [4.69, 9.17) is 9.84 Å². The Bertz CT molecular complexity index is 339. The van der Waals surface area contributed by atoms with Gasteiger partial charge in [0.1, 0.15) is 5.41 Å². The van der Waals surface area contributed by atoms with E-state index in [0.717, 1.165) is 25.8 Å². The maximum atomic E-state index is 12.4. The summed E-state index contributed by atoms with van der Waals surface area (Å²) in [4.78, 5) is 26.3. The number of esters is 1. The molecule has 0 spiro atoms. The fourth-order valence-corrected chi connectivity index (χ4v) is 2.55. The number of piperidine rings is 1. The van der Waals surface area contributed by atoms with Crippen LogP contribution in [0.1, 0.15) is 46.5 Å². The van der Waals surface area contributed by atoms with Gasteiger partial charge in [-0.1, -0.05) is 6.42 Å². The number of carbonyl (C=O) groups is 2. The molecule has 0 saturated carbocycles. The van der Waals surface area contributed by atoms with E-state index in [1.807, 2.05) is 0 Å². The van der Waals surface area contributed by atoms with Crippen molar-refractivity contribution in [2.45, 2.75) is 52.5 Å². The summed E-state index contributed by atoms with van der Waals surface area (Å²) in [5.41, 5.74) is -1.10. The number of likely N-dealkylation sites (tertiary alicyclic amines) is 1. The SMILES string of the molecule is CCOC(=O)C(C)(C)C(=O)CN1CCCCC1CCO. The molecule has 1 unspecified atom stereocenters. The molecule has 5 heteroatoms. The minimum Gasteiger partial charge on any atom is -0.465 e. The summed E-state index contributed by atoms with van der Waals surface area (Å²) in [6.45, 7) is 6.52. The predicted molar refractivity (Wildman–Crippen MR) is 76.3 cm³/mol. The van der Waals surface area contributed by atoms with Gasteiger partial charge in [-0.25, -0.2) is 0 Å². The molecule has 1 aliphatic heterocycles. The van der Waals surface area contributed by atoms with Crippen LogP contribution in [0, 0.1) is 5.41 Å². The zero-order chi connectivity index (χ0) is 15.2. The van der Waals surface area contributed by atoms with Gasteiger partial charge in [0.15, 0.2) is 5.78 Å². The number of aliphatic hydroxyl groups excluding tert-OH is 1. The summed E-state index contributed by atoms with van der Waals surface area (Å²) >= 11 is 0. The van der Waals surface area contributed by atoms with Gasteiger partial charge in [-0.15, -0.1) is 0 Å². The second-order valence-electron chi connectivity index (χ2n) is 5.90. The number of aliphatic hydroxyl groups is 1. The van der Waals surface area contributed by atoms with Crippen molar-refractivity contribution in [3.8, 4) is 0 Å². The van der Waals surface area contributed by atoms with Crippen LogP contribution in [0.4, 0.5) is 0 Å². The Labute approximate surface area is 121 Å². The summed E-state index contributed by atoms with van der Waals surface area (Å²) in [5.74, 6) is -0.568. The van der Waals surface area contributed by atoms with Crippen LogP contribution in [0.15, 0.2) is 0 Å². The topological polar surface area (TPSA) is 66.8 Å². The van der Waals surface area contributed by atoms with Crippen molar-refractivity contribution in [3.63, 3.8) is 0 Å². The molecule has 1 saturated heterocycles. The molecule has 116 valence electrons. The summed E-state index contributed by atoms with van der Waals surface area (Å²) < 4.78 is 4.97. The molecule has 1 N–H and O–H groups in total. The molecular weight excluding hydrogens is 258 g/mol. The third kappa shape index (κ3) is 4.28. The number of carbonyl (C=O) groups excluding carboxylic acids is 2. The van der Waals surface area contributed by atoms with Crippen molar-refractivity contribution in [2.75, 3.05) is 26.3 Å². The van der Waals surface area contributed by atoms with E-state index in [2.05, 4.69) is 4.90 Å². The molecule has 0 aromatic heterocycles. The highest BCUT2D eigenvalue weighted by molar-refractivity contribution is 6.03. The first-order valence-electron chi connectivity index (χ1n) is 7.49. The van der Waals surface area contributed by atoms with E-state index in [1.165, 1.54) is 0 Å². The van der Waals surface area contributed by atoms with Crippen molar-refractivity contribution < 1.29 is 19.4 Å². The van der Waals surface area contributed by atoms with Crippen LogP contribution in [-0.2, 0) is 14.3 Å². The molecule has 0 radical (unpaired) electrons. The lowest BCUT2D eigenvalue weighted by Crippen LogP contribution is -2.47. The zero-order valence-electron chi connectivity index (χ0n) is 12.9. The van der Waals surface area contributed by atoms with Crippen molar-refractivity contribution in [1.82, 2.24) is 4.90 Å². The van der Waals surface area contributed by atoms with Crippen LogP contribution >= 0.6 is 0 Å². The lowest BCUT2D eigenvalue weighted by atomic mass is 9.87. The predicted octanol–water partition coefficient (Wildman–Crippen LogP) is 1.38. The first-order chi connectivity index (χ1) is 9.43. The second kappa shape index (κ2) is 7.74. The van der Waals surface area contributed by atoms with Gasteiger partial charge in [-0.05, 0) is 46.6 Å². The van der Waals surface area contributed by atoms with Gasteiger partial charge in [0.05, 0.1) is 13.2 Å². The average molecular weight is 285 g/mol. The third-order valence-electron chi connectivity index (χ3n) is 4.04. The standard InChI is InChI=1S/C15H27NO4/c1-4-20-14(19)15(2,3)13(18)11-16-9-6-5-7-12(16)8-10-17/h12,17H,4-11H2,1-3H3. The van der Waals surface area contributed by atoms with E-state index in [1.54, 1.807) is 20.8 Å². The van der Waals surface area contributed by atoms with Crippen LogP contribution in [0.25, 0.3) is 0 Å². The van der Waals surface area contributed by atoms with Crippen LogP contribution < -0.4 is 0 Å². The molecule has 5 nitrogen and oxygen atoms in total. The van der Waals surface area contributed by atoms with Gasteiger partial charge in [0.2, 0.25) is 0 Å². The van der Waals surface area contributed by atoms with Crippen molar-refractivity contribution >= 4 is 11.8 Å². The van der Waals surface area contributed by atoms with Crippen molar-refractivity contribution in [3.05, 3.63) is 0 Å². The lowest BCUT2D eigenvalue weighted by molar-refractivity contribution is -0.158. The maximum absolute atomic E-state index is 12.4. The molecule has 0 amide bonds. The van der Waals surface area contributed by atoms with Gasteiger partial charge in [0, 0.05) is 12.6 Å². The number of hydrogen-bond acceptors (Lipinski definition) is 5. The Balaban J connectivity index is 2.65. The van der Waals surface area contributed by atoms with E-state index >= 15 is 0 Å². The first kappa shape index (κ1) is 17.1. The lowest BCUT2D eigenvalue weighted by Gasteiger charge is -2.36. The molecule has 0 aliphatic carbocycles. The van der Waals surface area contributed by atoms with Crippen LogP contribution in [0.2, 0.25) is 0 Å². The molecule has 0 aromatic carbocycles. The zero-order valence-corrected chi connectivity index (χ0v) is 12.9. The van der Waals surface area contributed by atoms with E-state index in [9.17, 15) is 9.59 Å². The molecule has 1 heterocycles. The van der Waals surface area contributed by atoms with Gasteiger partial charge < -0.3 is 9.84 Å². The van der Waals surface area contributed by atoms with Crippen molar-refractivity contribution in [2.24, 2.45) is 5.41 Å². The smallest absolute Gasteiger partial charge is 0.319 e. The largest absolute Gasteiger partial charge is 0.465 e. The highest BCUT2D eigenvalue weighted by Crippen LogP contribution is 2.24. The monoisotopic (exact) mass is 285 g/mol. The fourth-order valence-electron chi connectivity index (χ4n) is 2.55. The Morgan fingerprint density at radius 3 is 2.65 bits per heavy atom. The van der Waals surface area contributed by atoms with Crippen LogP contribution in [0.3, 0.4) is 0 Å². The van der Waals surface area contributed by atoms with Gasteiger partial charge >= 0.3 is 5.97 Å². The molecule has 1 rings (SSSR count). The normalized spacial score (nSPS) is 20.7. The molecular formula is C15H27NO4. The van der Waals surface area contributed by atoms with E-state index in [-0.39, 0.29) is 31.6 Å². The van der Waals surface area contributed by atoms with Crippen LogP contribution in [0.5, 0.6) is 0 Å². The van der Waals surface area contributed by atoms with E-state index in [0.29, 0.717) is 6.42 Å². The number of ether oxygens (including phenoxy) is 1. The number of nitrogens with zero attached hydrogens (tertiary/aromatic N) is 1. The molecule has 1 aliphatic rings. The minimum absolute atomic E-state index is 0.110. The third-order valence-corrected chi connectivity index (χ3v) is 4.04. The van der Waals surface area contributed by atoms with Gasteiger partial charge in [0.25, 0.3) is 0 Å². The summed E-state index contributed by atoms with van der Waals surface area (Å²) in [5, 5.41) is 9.10. The highest BCUT2D eigenvalue weighted by atomic mass is 16.5. The fraction of sp³-hybridized carbons (Fsp3) is 0.867. The first-order valence-corrected chi connectivity index (χ1v) is 7.49. The van der Waals surface area contributed by atoms with Crippen LogP contribution in [-0.4, -0.2) is 54.1 Å². The second-order valence-corrected chi connectivity index (χ2v) is 5.90. The average Bonchev–Trinajstić information content (AvgIpc) is 2.41. The van der Waals surface area contributed by atoms with E-state index < -0.39 is 11.4 Å². The summed E-state index contributed by atoms with van der Waals surface area (Å²) in [7, 11) is 0. The minimum atomic E-state index is -1.10. The maximum Gasteiger partial charge on any atom is 0.319 e. The number of hydrogen-bond donors (Lipinski definition) is 1. The Morgan fingerprint density at radius 1 is 1.35 bits per heavy atom. The highest BCUT2D eigenvalue weighted by Gasteiger charge is 2.38. The Kier molecular flexibility index (Phi) is 6.62. The van der Waals surface area contributed by atoms with Gasteiger partial charge in [-0.2, -0.15) is 0 Å². The number of rotatable bonds is 7. The Hall–Kier alpha value is -0.940. The quantitative estimate of drug-likeness (QED) is 0.565. The van der Waals surface area contributed by atoms with Gasteiger partial charge in [-0.3, -0.25) is 14.5 Å². The molecule has 0 aromatic rings. The summed E-state index contributed by atoms with van der Waals surface area (Å²) in [6.07, 6.45) is 3.90. The number of Topliss-reactive ketones (excluding diaryl/α,β-unsaturated/α-hetero) is 1.